The number of non-ortho nitro benzene ring substituents is 1. The average Bonchev–Trinajstić information content (AvgIpc) is 2.45. The fraction of sp³-hybridized carbons (Fsp3) is 0.333. The van der Waals surface area contributed by atoms with Crippen molar-refractivity contribution in [1.82, 2.24) is 0 Å². The number of rotatable bonds is 4. The third kappa shape index (κ3) is 3.44. The first kappa shape index (κ1) is 13.8. The zero-order valence-electron chi connectivity index (χ0n) is 10.3. The van der Waals surface area contributed by atoms with E-state index >= 15 is 0 Å². The summed E-state index contributed by atoms with van der Waals surface area (Å²) in [7, 11) is 0. The van der Waals surface area contributed by atoms with Crippen molar-refractivity contribution in [3.8, 4) is 0 Å². The van der Waals surface area contributed by atoms with Crippen LogP contribution in [0.3, 0.4) is 0 Å². The van der Waals surface area contributed by atoms with E-state index in [0.717, 1.165) is 0 Å². The second-order valence-corrected chi connectivity index (χ2v) is 4.03. The molecule has 0 N–H and O–H groups in total. The van der Waals surface area contributed by atoms with Gasteiger partial charge in [-0.05, 0) is 12.1 Å². The molecule has 0 radical (unpaired) electrons. The van der Waals surface area contributed by atoms with Crippen LogP contribution in [-0.2, 0) is 14.2 Å². The van der Waals surface area contributed by atoms with Crippen LogP contribution in [0.5, 0.6) is 0 Å². The van der Waals surface area contributed by atoms with Gasteiger partial charge in [-0.25, -0.2) is 9.59 Å². The van der Waals surface area contributed by atoms with Gasteiger partial charge in [0.15, 0.2) is 0 Å². The highest BCUT2D eigenvalue weighted by Crippen LogP contribution is 2.14. The minimum Gasteiger partial charge on any atom is -0.458 e. The lowest BCUT2D eigenvalue weighted by Gasteiger charge is -2.21. The third-order valence-electron chi connectivity index (χ3n) is 2.64. The molecule has 1 aromatic rings. The van der Waals surface area contributed by atoms with Crippen LogP contribution in [0.15, 0.2) is 24.3 Å². The van der Waals surface area contributed by atoms with Gasteiger partial charge >= 0.3 is 12.1 Å². The molecule has 1 atom stereocenters. The molecule has 1 aromatic carbocycles. The number of nitro groups is 1. The summed E-state index contributed by atoms with van der Waals surface area (Å²) in [5.74, 6) is -0.637. The molecule has 2 rings (SSSR count). The van der Waals surface area contributed by atoms with Crippen LogP contribution in [0.4, 0.5) is 10.5 Å². The van der Waals surface area contributed by atoms with Gasteiger partial charge in [0.05, 0.1) is 17.1 Å². The molecule has 8 nitrogen and oxygen atoms in total. The summed E-state index contributed by atoms with van der Waals surface area (Å²) in [6.07, 6.45) is -0.870. The van der Waals surface area contributed by atoms with Crippen LogP contribution in [-0.4, -0.2) is 36.4 Å². The molecule has 0 aromatic heterocycles. The summed E-state index contributed by atoms with van der Waals surface area (Å²) >= 11 is 0. The Morgan fingerprint density at radius 1 is 1.40 bits per heavy atom. The maximum absolute atomic E-state index is 11.7. The lowest BCUT2D eigenvalue weighted by molar-refractivity contribution is -0.384. The lowest BCUT2D eigenvalue weighted by atomic mass is 10.2. The van der Waals surface area contributed by atoms with E-state index in [1.165, 1.54) is 24.3 Å². The van der Waals surface area contributed by atoms with Gasteiger partial charge in [-0.15, -0.1) is 0 Å². The molecule has 0 bridgehead atoms. The van der Waals surface area contributed by atoms with E-state index in [1.54, 1.807) is 0 Å². The highest BCUT2D eigenvalue weighted by molar-refractivity contribution is 5.89. The molecule has 0 amide bonds. The summed E-state index contributed by atoms with van der Waals surface area (Å²) in [6, 6.07) is 5.03. The third-order valence-corrected chi connectivity index (χ3v) is 2.64. The van der Waals surface area contributed by atoms with Crippen LogP contribution in [0, 0.1) is 10.1 Å². The molecule has 0 aliphatic carbocycles. The van der Waals surface area contributed by atoms with Gasteiger partial charge in [-0.2, -0.15) is 0 Å². The van der Waals surface area contributed by atoms with Gasteiger partial charge in [0.2, 0.25) is 0 Å². The first-order valence-electron chi connectivity index (χ1n) is 5.81. The molecular weight excluding hydrogens is 270 g/mol. The second-order valence-electron chi connectivity index (χ2n) is 4.03. The first-order chi connectivity index (χ1) is 9.56. The van der Waals surface area contributed by atoms with E-state index in [2.05, 4.69) is 4.74 Å². The molecular formula is C12H11NO7. The Morgan fingerprint density at radius 3 is 2.70 bits per heavy atom. The fourth-order valence-corrected chi connectivity index (χ4v) is 1.59. The molecule has 1 fully saturated rings. The van der Waals surface area contributed by atoms with Crippen molar-refractivity contribution in [2.24, 2.45) is 0 Å². The molecule has 0 spiro atoms. The summed E-state index contributed by atoms with van der Waals surface area (Å²) in [4.78, 5) is 32.4. The Kier molecular flexibility index (Phi) is 4.14. The van der Waals surface area contributed by atoms with E-state index in [-0.39, 0.29) is 24.5 Å². The second kappa shape index (κ2) is 6.00. The van der Waals surface area contributed by atoms with Crippen molar-refractivity contribution in [2.45, 2.75) is 12.5 Å². The predicted octanol–water partition coefficient (Wildman–Crippen LogP) is 1.68. The molecule has 1 heterocycles. The minimum absolute atomic E-state index is 0.0785. The minimum atomic E-state index is -0.785. The van der Waals surface area contributed by atoms with E-state index in [0.29, 0.717) is 6.42 Å². The fourth-order valence-electron chi connectivity index (χ4n) is 1.59. The largest absolute Gasteiger partial charge is 0.508 e. The van der Waals surface area contributed by atoms with Crippen LogP contribution >= 0.6 is 0 Å². The highest BCUT2D eigenvalue weighted by atomic mass is 16.7. The SMILES string of the molecule is O=C1OCCC(COC(=O)c2ccc([N+](=O)[O-])cc2)O1. The van der Waals surface area contributed by atoms with Crippen molar-refractivity contribution in [3.05, 3.63) is 39.9 Å². The number of esters is 1. The molecule has 1 saturated heterocycles. The van der Waals surface area contributed by atoms with Gasteiger partial charge in [-0.3, -0.25) is 10.1 Å². The Labute approximate surface area is 113 Å². The number of benzene rings is 1. The Balaban J connectivity index is 1.88. The number of cyclic esters (lactones) is 2. The molecule has 1 aliphatic rings. The van der Waals surface area contributed by atoms with Gasteiger partial charge in [0, 0.05) is 18.6 Å². The van der Waals surface area contributed by atoms with Crippen molar-refractivity contribution < 1.29 is 28.7 Å². The Hall–Kier alpha value is -2.64. The zero-order valence-corrected chi connectivity index (χ0v) is 10.3. The van der Waals surface area contributed by atoms with Crippen LogP contribution in [0.25, 0.3) is 0 Å². The Morgan fingerprint density at radius 2 is 2.10 bits per heavy atom. The lowest BCUT2D eigenvalue weighted by Crippen LogP contribution is -2.31. The highest BCUT2D eigenvalue weighted by Gasteiger charge is 2.23. The van der Waals surface area contributed by atoms with Crippen LogP contribution in [0.2, 0.25) is 0 Å². The molecule has 0 saturated carbocycles. The van der Waals surface area contributed by atoms with E-state index in [9.17, 15) is 19.7 Å². The van der Waals surface area contributed by atoms with Crippen LogP contribution in [0.1, 0.15) is 16.8 Å². The van der Waals surface area contributed by atoms with E-state index in [1.807, 2.05) is 0 Å². The summed E-state index contributed by atoms with van der Waals surface area (Å²) < 4.78 is 14.3. The quantitative estimate of drug-likeness (QED) is 0.469. The maximum Gasteiger partial charge on any atom is 0.508 e. The molecule has 20 heavy (non-hydrogen) atoms. The van der Waals surface area contributed by atoms with Crippen molar-refractivity contribution in [2.75, 3.05) is 13.2 Å². The molecule has 1 aliphatic heterocycles. The smallest absolute Gasteiger partial charge is 0.458 e. The standard InChI is InChI=1S/C12H11NO7/c14-11(8-1-3-9(4-2-8)13(16)17)19-7-10-5-6-18-12(15)20-10/h1-4,10H,5-7H2. The van der Waals surface area contributed by atoms with E-state index in [4.69, 9.17) is 9.47 Å². The number of hydrogen-bond acceptors (Lipinski definition) is 7. The Bertz CT molecular complexity index is 525. The van der Waals surface area contributed by atoms with Gasteiger partial charge in [0.25, 0.3) is 5.69 Å². The average molecular weight is 281 g/mol. The number of ether oxygens (including phenoxy) is 3. The zero-order chi connectivity index (χ0) is 14.5. The van der Waals surface area contributed by atoms with Gasteiger partial charge in [-0.1, -0.05) is 0 Å². The number of nitro benzene ring substituents is 1. The van der Waals surface area contributed by atoms with Crippen molar-refractivity contribution in [1.29, 1.82) is 0 Å². The number of hydrogen-bond donors (Lipinski definition) is 0. The summed E-state index contributed by atoms with van der Waals surface area (Å²) in [5.41, 5.74) is 0.0777. The number of nitrogens with zero attached hydrogens (tertiary/aromatic N) is 1. The van der Waals surface area contributed by atoms with Crippen molar-refractivity contribution >= 4 is 17.8 Å². The summed E-state index contributed by atoms with van der Waals surface area (Å²) in [5, 5.41) is 10.5. The number of carbonyl (C=O) groups excluding carboxylic acids is 2. The molecule has 8 heteroatoms. The van der Waals surface area contributed by atoms with Gasteiger partial charge < -0.3 is 14.2 Å². The van der Waals surface area contributed by atoms with Crippen molar-refractivity contribution in [3.63, 3.8) is 0 Å². The van der Waals surface area contributed by atoms with E-state index < -0.39 is 23.2 Å². The van der Waals surface area contributed by atoms with Crippen LogP contribution < -0.4 is 0 Å². The molecule has 1 unspecified atom stereocenters. The normalized spacial score (nSPS) is 17.8. The number of carbonyl (C=O) groups is 2. The first-order valence-corrected chi connectivity index (χ1v) is 5.81. The monoisotopic (exact) mass is 281 g/mol. The topological polar surface area (TPSA) is 105 Å². The van der Waals surface area contributed by atoms with Gasteiger partial charge in [0.1, 0.15) is 12.7 Å². The maximum atomic E-state index is 11.7. The predicted molar refractivity (Wildman–Crippen MR) is 64.2 cm³/mol. The summed E-state index contributed by atoms with van der Waals surface area (Å²) in [6.45, 7) is 0.142. The molecule has 106 valence electrons.